The summed E-state index contributed by atoms with van der Waals surface area (Å²) in [5, 5.41) is 10.4. The molecule has 2 atom stereocenters. The predicted octanol–water partition coefficient (Wildman–Crippen LogP) is 5.32. The van der Waals surface area contributed by atoms with E-state index in [1.165, 1.54) is 4.90 Å². The molecular weight excluding hydrogens is 622 g/mol. The maximum absolute atomic E-state index is 15.5. The van der Waals surface area contributed by atoms with Gasteiger partial charge in [-0.1, -0.05) is 41.4 Å². The number of likely N-dealkylation sites (tertiary alicyclic amines) is 1. The summed E-state index contributed by atoms with van der Waals surface area (Å²) in [6.07, 6.45) is 0. The van der Waals surface area contributed by atoms with Gasteiger partial charge in [-0.05, 0) is 43.1 Å². The highest BCUT2D eigenvalue weighted by Crippen LogP contribution is 2.42. The molecule has 3 aromatic rings. The lowest BCUT2D eigenvalue weighted by Gasteiger charge is -2.32. The average molecular weight is 656 g/mol. The zero-order valence-corrected chi connectivity index (χ0v) is 26.3. The van der Waals surface area contributed by atoms with Crippen molar-refractivity contribution in [3.8, 4) is 16.9 Å². The van der Waals surface area contributed by atoms with E-state index in [2.05, 4.69) is 16.8 Å². The molecule has 0 aromatic heterocycles. The molecule has 0 aliphatic carbocycles. The van der Waals surface area contributed by atoms with Crippen LogP contribution in [-0.4, -0.2) is 93.0 Å². The van der Waals surface area contributed by atoms with Gasteiger partial charge < -0.3 is 34.2 Å². The number of para-hydroxylation sites is 1. The highest BCUT2D eigenvalue weighted by molar-refractivity contribution is 6.40. The van der Waals surface area contributed by atoms with Crippen LogP contribution in [0.15, 0.2) is 42.5 Å². The van der Waals surface area contributed by atoms with Crippen molar-refractivity contribution in [2.45, 2.75) is 6.54 Å². The summed E-state index contributed by atoms with van der Waals surface area (Å²) >= 11 is 13.4. The van der Waals surface area contributed by atoms with Crippen LogP contribution < -0.4 is 14.5 Å². The van der Waals surface area contributed by atoms with Gasteiger partial charge in [0, 0.05) is 61.6 Å². The minimum absolute atomic E-state index is 0.0919. The van der Waals surface area contributed by atoms with Crippen LogP contribution in [0.3, 0.4) is 0 Å². The number of fused-ring (bicyclic) bond motifs is 2. The Morgan fingerprint density at radius 2 is 1.62 bits per heavy atom. The molecule has 12 heteroatoms. The fourth-order valence-electron chi connectivity index (χ4n) is 7.16. The molecule has 0 radical (unpaired) electrons. The van der Waals surface area contributed by atoms with Gasteiger partial charge in [0.05, 0.1) is 46.6 Å². The lowest BCUT2D eigenvalue weighted by atomic mass is 9.97. The van der Waals surface area contributed by atoms with E-state index in [4.69, 9.17) is 32.7 Å². The molecule has 1 N–H and O–H groups in total. The number of nitrogens with zero attached hydrogens (tertiary/aromatic N) is 4. The van der Waals surface area contributed by atoms with Crippen molar-refractivity contribution in [3.05, 3.63) is 75.0 Å². The van der Waals surface area contributed by atoms with E-state index >= 15 is 4.39 Å². The van der Waals surface area contributed by atoms with E-state index in [1.54, 1.807) is 18.2 Å². The average Bonchev–Trinajstić information content (AvgIpc) is 3.58. The molecule has 0 spiro atoms. The van der Waals surface area contributed by atoms with Crippen molar-refractivity contribution in [1.82, 2.24) is 9.80 Å². The van der Waals surface area contributed by atoms with Crippen LogP contribution in [0.4, 0.5) is 15.8 Å². The first-order valence-electron chi connectivity index (χ1n) is 15.0. The van der Waals surface area contributed by atoms with E-state index in [9.17, 15) is 14.7 Å². The maximum atomic E-state index is 15.5. The topological polar surface area (TPSA) is 85.8 Å². The van der Waals surface area contributed by atoms with E-state index in [1.807, 2.05) is 23.1 Å². The first-order chi connectivity index (χ1) is 21.7. The van der Waals surface area contributed by atoms with E-state index < -0.39 is 11.8 Å². The summed E-state index contributed by atoms with van der Waals surface area (Å²) in [7, 11) is 2.15. The van der Waals surface area contributed by atoms with Crippen LogP contribution in [0.2, 0.25) is 10.0 Å². The van der Waals surface area contributed by atoms with Crippen LogP contribution in [0.1, 0.15) is 26.3 Å². The van der Waals surface area contributed by atoms with Crippen LogP contribution in [0, 0.1) is 17.7 Å². The Morgan fingerprint density at radius 1 is 0.933 bits per heavy atom. The number of aromatic carboxylic acids is 1. The molecule has 4 aliphatic heterocycles. The first kappa shape index (κ1) is 30.1. The lowest BCUT2D eigenvalue weighted by Crippen LogP contribution is -2.38. The van der Waals surface area contributed by atoms with Crippen LogP contribution in [0.25, 0.3) is 11.1 Å². The van der Waals surface area contributed by atoms with Gasteiger partial charge in [-0.3, -0.25) is 4.79 Å². The Morgan fingerprint density at radius 3 is 2.29 bits per heavy atom. The van der Waals surface area contributed by atoms with E-state index in [0.29, 0.717) is 60.7 Å². The highest BCUT2D eigenvalue weighted by Gasteiger charge is 2.39. The normalized spacial score (nSPS) is 21.5. The second-order valence-corrected chi connectivity index (χ2v) is 13.1. The molecule has 4 heterocycles. The number of hydrogen-bond donors (Lipinski definition) is 1. The van der Waals surface area contributed by atoms with Crippen molar-refractivity contribution in [2.75, 3.05) is 76.1 Å². The van der Waals surface area contributed by atoms with Gasteiger partial charge in [0.1, 0.15) is 11.6 Å². The fraction of sp³-hybridized carbons (Fsp3) is 0.394. The van der Waals surface area contributed by atoms with Crippen LogP contribution in [0.5, 0.6) is 5.75 Å². The smallest absolute Gasteiger partial charge is 0.337 e. The standard InChI is InChI=1S/C33H33Cl2FN4O5/c1-37-13-20-16-39(17-21(20)14-37)22-9-26(34)30(27(35)10-22)32(41)40-15-19-3-2-4-23(31(19)45-18-40)24-12-29(38-5-7-44-8-6-38)25(33(42)43)11-28(24)36/h2-4,9-12,20-21H,5-8,13-18H2,1H3,(H,42,43). The third-order valence-electron chi connectivity index (χ3n) is 9.34. The second kappa shape index (κ2) is 12.0. The third kappa shape index (κ3) is 5.58. The minimum atomic E-state index is -1.20. The molecule has 3 saturated heterocycles. The molecule has 3 aromatic carbocycles. The number of carboxylic acid groups (broad SMARTS) is 1. The number of benzene rings is 3. The van der Waals surface area contributed by atoms with E-state index in [0.717, 1.165) is 37.9 Å². The second-order valence-electron chi connectivity index (χ2n) is 12.3. The molecule has 1 amide bonds. The number of anilines is 2. The first-order valence-corrected chi connectivity index (χ1v) is 15.8. The maximum Gasteiger partial charge on any atom is 0.337 e. The minimum Gasteiger partial charge on any atom is -0.478 e. The zero-order chi connectivity index (χ0) is 31.4. The Balaban J connectivity index is 1.14. The van der Waals surface area contributed by atoms with Gasteiger partial charge in [-0.25, -0.2) is 9.18 Å². The van der Waals surface area contributed by atoms with Crippen molar-refractivity contribution in [2.24, 2.45) is 11.8 Å². The highest BCUT2D eigenvalue weighted by atomic mass is 35.5. The monoisotopic (exact) mass is 654 g/mol. The van der Waals surface area contributed by atoms with Crippen molar-refractivity contribution < 1.29 is 28.6 Å². The number of ether oxygens (including phenoxy) is 2. The largest absolute Gasteiger partial charge is 0.478 e. The number of carbonyl (C=O) groups is 2. The molecule has 0 bridgehead atoms. The third-order valence-corrected chi connectivity index (χ3v) is 9.94. The Labute approximate surface area is 270 Å². The summed E-state index contributed by atoms with van der Waals surface area (Å²) in [6, 6.07) is 11.6. The van der Waals surface area contributed by atoms with Crippen LogP contribution >= 0.6 is 23.2 Å². The SMILES string of the molecule is CN1CC2CN(c3cc(Cl)c(C(=O)N4COc5c(cccc5-c5cc(N6CCOCC6)c(C(=O)O)cc5F)C4)c(Cl)c3)CC2C1. The molecule has 9 nitrogen and oxygen atoms in total. The molecule has 236 valence electrons. The molecule has 45 heavy (non-hydrogen) atoms. The quantitative estimate of drug-likeness (QED) is 0.396. The zero-order valence-electron chi connectivity index (χ0n) is 24.8. The number of morpholine rings is 1. The van der Waals surface area contributed by atoms with Gasteiger partial charge in [0.15, 0.2) is 6.73 Å². The van der Waals surface area contributed by atoms with Gasteiger partial charge in [0.2, 0.25) is 0 Å². The summed E-state index contributed by atoms with van der Waals surface area (Å²) in [6.45, 7) is 6.02. The van der Waals surface area contributed by atoms with Crippen molar-refractivity contribution in [1.29, 1.82) is 0 Å². The molecule has 3 fully saturated rings. The number of carboxylic acids is 1. The number of rotatable bonds is 5. The fourth-order valence-corrected chi connectivity index (χ4v) is 7.80. The van der Waals surface area contributed by atoms with Gasteiger partial charge in [-0.2, -0.15) is 0 Å². The lowest BCUT2D eigenvalue weighted by molar-refractivity contribution is 0.0516. The molecule has 0 saturated carbocycles. The summed E-state index contributed by atoms with van der Waals surface area (Å²) in [5.41, 5.74) is 2.82. The number of amides is 1. The summed E-state index contributed by atoms with van der Waals surface area (Å²) in [4.78, 5) is 33.8. The Kier molecular flexibility index (Phi) is 8.02. The Hall–Kier alpha value is -3.57. The van der Waals surface area contributed by atoms with Crippen molar-refractivity contribution >= 4 is 46.5 Å². The van der Waals surface area contributed by atoms with Crippen LogP contribution in [-0.2, 0) is 11.3 Å². The number of hydrogen-bond acceptors (Lipinski definition) is 7. The summed E-state index contributed by atoms with van der Waals surface area (Å²) in [5.74, 6) is -0.582. The predicted molar refractivity (Wildman–Crippen MR) is 170 cm³/mol. The Bertz CT molecular complexity index is 1650. The molecular formula is C33H33Cl2FN4O5. The molecule has 7 rings (SSSR count). The van der Waals surface area contributed by atoms with E-state index in [-0.39, 0.29) is 45.9 Å². The van der Waals surface area contributed by atoms with Gasteiger partial charge >= 0.3 is 5.97 Å². The van der Waals surface area contributed by atoms with Gasteiger partial charge in [-0.15, -0.1) is 0 Å². The molecule has 4 aliphatic rings. The number of halogens is 3. The van der Waals surface area contributed by atoms with Crippen molar-refractivity contribution in [3.63, 3.8) is 0 Å². The van der Waals surface area contributed by atoms with Gasteiger partial charge in [0.25, 0.3) is 5.91 Å². The molecule has 2 unspecified atom stereocenters. The summed E-state index contributed by atoms with van der Waals surface area (Å²) < 4.78 is 27.0. The number of carbonyl (C=O) groups excluding carboxylic acids is 1.